The lowest BCUT2D eigenvalue weighted by Crippen LogP contribution is -2.28. The van der Waals surface area contributed by atoms with E-state index < -0.39 is 5.60 Å². The van der Waals surface area contributed by atoms with Crippen LogP contribution in [0.2, 0.25) is 0 Å². The van der Waals surface area contributed by atoms with Gasteiger partial charge in [0.2, 0.25) is 0 Å². The predicted octanol–water partition coefficient (Wildman–Crippen LogP) is 3.30. The fourth-order valence-electron chi connectivity index (χ4n) is 2.83. The number of thiazole rings is 1. The lowest BCUT2D eigenvalue weighted by molar-refractivity contribution is 0.0271. The minimum absolute atomic E-state index is 0.641. The number of rotatable bonds is 2. The molecule has 2 aromatic rings. The molecule has 1 heterocycles. The van der Waals surface area contributed by atoms with E-state index in [1.165, 1.54) is 5.56 Å². The summed E-state index contributed by atoms with van der Waals surface area (Å²) in [5.74, 6) is 0. The molecular weight excluding hydrogens is 242 g/mol. The highest BCUT2D eigenvalue weighted by atomic mass is 32.1. The van der Waals surface area contributed by atoms with Crippen LogP contribution < -0.4 is 0 Å². The summed E-state index contributed by atoms with van der Waals surface area (Å²) in [6, 6.07) is 8.31. The van der Waals surface area contributed by atoms with Crippen LogP contribution in [0.4, 0.5) is 0 Å². The van der Waals surface area contributed by atoms with E-state index in [4.69, 9.17) is 0 Å². The van der Waals surface area contributed by atoms with Crippen LogP contribution in [0, 0.1) is 0 Å². The number of benzene rings is 1. The van der Waals surface area contributed by atoms with Crippen LogP contribution in [0.15, 0.2) is 35.8 Å². The summed E-state index contributed by atoms with van der Waals surface area (Å²) < 4.78 is 0. The molecule has 0 aliphatic heterocycles. The molecule has 94 valence electrons. The predicted molar refractivity (Wildman–Crippen MR) is 73.7 cm³/mol. The third-order valence-corrected chi connectivity index (χ3v) is 4.51. The Kier molecular flexibility index (Phi) is 3.18. The molecule has 1 unspecified atom stereocenters. The first-order valence-electron chi connectivity index (χ1n) is 6.47. The standard InChI is InChI=1S/C15H17NOS/c17-15(11-14-16-9-10-18-14)8-4-3-6-12-5-1-2-7-13(12)15/h1-2,5,7,9-10,17H,3-4,6,8,11H2. The minimum atomic E-state index is -0.731. The molecule has 1 aromatic heterocycles. The van der Waals surface area contributed by atoms with E-state index in [-0.39, 0.29) is 0 Å². The first-order valence-corrected chi connectivity index (χ1v) is 7.35. The quantitative estimate of drug-likeness (QED) is 0.839. The molecule has 0 fully saturated rings. The van der Waals surface area contributed by atoms with Crippen molar-refractivity contribution in [2.24, 2.45) is 0 Å². The molecule has 1 atom stereocenters. The van der Waals surface area contributed by atoms with E-state index in [2.05, 4.69) is 23.2 Å². The van der Waals surface area contributed by atoms with Gasteiger partial charge in [-0.1, -0.05) is 24.3 Å². The first-order chi connectivity index (χ1) is 8.78. The lowest BCUT2D eigenvalue weighted by atomic mass is 9.85. The molecule has 1 aliphatic carbocycles. The van der Waals surface area contributed by atoms with Crippen LogP contribution in [0.3, 0.4) is 0 Å². The van der Waals surface area contributed by atoms with Gasteiger partial charge in [0, 0.05) is 18.0 Å². The third-order valence-electron chi connectivity index (χ3n) is 3.73. The van der Waals surface area contributed by atoms with Crippen molar-refractivity contribution in [3.63, 3.8) is 0 Å². The Bertz CT molecular complexity index is 523. The van der Waals surface area contributed by atoms with Gasteiger partial charge in [0.25, 0.3) is 0 Å². The number of aromatic nitrogens is 1. The third kappa shape index (κ3) is 2.20. The highest BCUT2D eigenvalue weighted by molar-refractivity contribution is 7.09. The molecule has 3 rings (SSSR count). The number of aryl methyl sites for hydroxylation is 1. The smallest absolute Gasteiger partial charge is 0.0962 e. The monoisotopic (exact) mass is 259 g/mol. The molecule has 18 heavy (non-hydrogen) atoms. The van der Waals surface area contributed by atoms with Gasteiger partial charge >= 0.3 is 0 Å². The number of hydrogen-bond donors (Lipinski definition) is 1. The Hall–Kier alpha value is -1.19. The Labute approximate surface area is 111 Å². The second-order valence-corrected chi connectivity index (χ2v) is 5.98. The Morgan fingerprint density at radius 3 is 3.00 bits per heavy atom. The maximum absolute atomic E-state index is 11.0. The van der Waals surface area contributed by atoms with E-state index in [1.807, 2.05) is 17.6 Å². The van der Waals surface area contributed by atoms with Crippen LogP contribution >= 0.6 is 11.3 Å². The fourth-order valence-corrected chi connectivity index (χ4v) is 3.56. The molecule has 1 aromatic carbocycles. The summed E-state index contributed by atoms with van der Waals surface area (Å²) in [4.78, 5) is 4.32. The average molecular weight is 259 g/mol. The SMILES string of the molecule is OC1(Cc2nccs2)CCCCc2ccccc21. The van der Waals surface area contributed by atoms with Gasteiger partial charge in [-0.25, -0.2) is 4.98 Å². The molecule has 0 radical (unpaired) electrons. The van der Waals surface area contributed by atoms with Gasteiger partial charge in [0.15, 0.2) is 0 Å². The summed E-state index contributed by atoms with van der Waals surface area (Å²) in [6.45, 7) is 0. The van der Waals surface area contributed by atoms with E-state index in [1.54, 1.807) is 11.3 Å². The summed E-state index contributed by atoms with van der Waals surface area (Å²) in [5, 5.41) is 14.0. The summed E-state index contributed by atoms with van der Waals surface area (Å²) in [5.41, 5.74) is 1.68. The summed E-state index contributed by atoms with van der Waals surface area (Å²) in [6.07, 6.45) is 6.61. The van der Waals surface area contributed by atoms with Crippen molar-refractivity contribution in [3.05, 3.63) is 52.0 Å². The van der Waals surface area contributed by atoms with Crippen molar-refractivity contribution in [3.8, 4) is 0 Å². The summed E-state index contributed by atoms with van der Waals surface area (Å²) >= 11 is 1.63. The number of fused-ring (bicyclic) bond motifs is 1. The Morgan fingerprint density at radius 1 is 1.28 bits per heavy atom. The molecule has 0 saturated heterocycles. The number of hydrogen-bond acceptors (Lipinski definition) is 3. The van der Waals surface area contributed by atoms with Crippen LogP contribution in [0.1, 0.15) is 35.4 Å². The molecular formula is C15H17NOS. The van der Waals surface area contributed by atoms with Crippen molar-refractivity contribution in [1.82, 2.24) is 4.98 Å². The zero-order valence-electron chi connectivity index (χ0n) is 10.3. The van der Waals surface area contributed by atoms with Crippen LogP contribution in [0.5, 0.6) is 0 Å². The molecule has 2 nitrogen and oxygen atoms in total. The zero-order chi connectivity index (χ0) is 12.4. The molecule has 1 N–H and O–H groups in total. The maximum Gasteiger partial charge on any atom is 0.0962 e. The molecule has 0 bridgehead atoms. The van der Waals surface area contributed by atoms with Gasteiger partial charge in [-0.2, -0.15) is 0 Å². The van der Waals surface area contributed by atoms with Gasteiger partial charge in [-0.15, -0.1) is 11.3 Å². The largest absolute Gasteiger partial charge is 0.385 e. The van der Waals surface area contributed by atoms with Crippen LogP contribution in [-0.2, 0) is 18.4 Å². The number of aliphatic hydroxyl groups is 1. The van der Waals surface area contributed by atoms with E-state index in [0.29, 0.717) is 6.42 Å². The molecule has 0 saturated carbocycles. The van der Waals surface area contributed by atoms with Crippen molar-refractivity contribution in [1.29, 1.82) is 0 Å². The lowest BCUT2D eigenvalue weighted by Gasteiger charge is -2.28. The average Bonchev–Trinajstić information content (AvgIpc) is 2.82. The molecule has 3 heteroatoms. The Morgan fingerprint density at radius 2 is 2.17 bits per heavy atom. The minimum Gasteiger partial charge on any atom is -0.385 e. The van der Waals surface area contributed by atoms with E-state index in [9.17, 15) is 5.11 Å². The molecule has 0 amide bonds. The van der Waals surface area contributed by atoms with Crippen molar-refractivity contribution >= 4 is 11.3 Å². The van der Waals surface area contributed by atoms with Gasteiger partial charge in [-0.05, 0) is 36.8 Å². The van der Waals surface area contributed by atoms with Crippen molar-refractivity contribution in [2.75, 3.05) is 0 Å². The fraction of sp³-hybridized carbons (Fsp3) is 0.400. The molecule has 1 aliphatic rings. The van der Waals surface area contributed by atoms with Crippen LogP contribution in [0.25, 0.3) is 0 Å². The van der Waals surface area contributed by atoms with Gasteiger partial charge in [0.05, 0.1) is 10.6 Å². The van der Waals surface area contributed by atoms with Gasteiger partial charge < -0.3 is 5.11 Å². The van der Waals surface area contributed by atoms with Crippen LogP contribution in [-0.4, -0.2) is 10.1 Å². The van der Waals surface area contributed by atoms with Crippen molar-refractivity contribution < 1.29 is 5.11 Å². The Balaban J connectivity index is 1.99. The zero-order valence-corrected chi connectivity index (χ0v) is 11.1. The molecule has 0 spiro atoms. The first kappa shape index (κ1) is 11.9. The maximum atomic E-state index is 11.0. The second kappa shape index (κ2) is 4.82. The normalized spacial score (nSPS) is 23.4. The highest BCUT2D eigenvalue weighted by Gasteiger charge is 2.33. The van der Waals surface area contributed by atoms with E-state index >= 15 is 0 Å². The van der Waals surface area contributed by atoms with E-state index in [0.717, 1.165) is 36.3 Å². The highest BCUT2D eigenvalue weighted by Crippen LogP contribution is 2.37. The van der Waals surface area contributed by atoms with Gasteiger partial charge in [-0.3, -0.25) is 0 Å². The number of nitrogens with zero attached hydrogens (tertiary/aromatic N) is 1. The van der Waals surface area contributed by atoms with Crippen molar-refractivity contribution in [2.45, 2.75) is 37.7 Å². The van der Waals surface area contributed by atoms with Gasteiger partial charge in [0.1, 0.15) is 0 Å². The summed E-state index contributed by atoms with van der Waals surface area (Å²) in [7, 11) is 0. The topological polar surface area (TPSA) is 33.1 Å². The second-order valence-electron chi connectivity index (χ2n) is 5.00.